The van der Waals surface area contributed by atoms with Crippen LogP contribution in [0.1, 0.15) is 17.2 Å². The second-order valence-electron chi connectivity index (χ2n) is 3.55. The number of rotatable bonds is 3. The van der Waals surface area contributed by atoms with Crippen LogP contribution >= 0.6 is 54.8 Å². The maximum absolute atomic E-state index is 13.3. The summed E-state index contributed by atoms with van der Waals surface area (Å²) in [7, 11) is 0. The van der Waals surface area contributed by atoms with Crippen LogP contribution in [-0.2, 0) is 0 Å². The third-order valence-corrected chi connectivity index (χ3v) is 5.16. The summed E-state index contributed by atoms with van der Waals surface area (Å²) >= 11 is 14.5. The highest BCUT2D eigenvalue weighted by atomic mass is 79.9. The van der Waals surface area contributed by atoms with Crippen LogP contribution < -0.4 is 11.3 Å². The molecule has 2 nitrogen and oxygen atoms in total. The van der Waals surface area contributed by atoms with Crippen molar-refractivity contribution in [2.75, 3.05) is 0 Å². The van der Waals surface area contributed by atoms with Crippen molar-refractivity contribution in [2.24, 2.45) is 5.84 Å². The zero-order valence-electron chi connectivity index (χ0n) is 8.88. The van der Waals surface area contributed by atoms with Gasteiger partial charge < -0.3 is 0 Å². The molecule has 1 unspecified atom stereocenters. The molecule has 0 bridgehead atoms. The van der Waals surface area contributed by atoms with E-state index in [4.69, 9.17) is 17.4 Å². The fraction of sp³-hybridized carbons (Fsp3) is 0.0909. The van der Waals surface area contributed by atoms with E-state index in [1.807, 2.05) is 6.07 Å². The van der Waals surface area contributed by atoms with Crippen LogP contribution in [0.3, 0.4) is 0 Å². The summed E-state index contributed by atoms with van der Waals surface area (Å²) in [6.45, 7) is 0. The number of hydrogen-bond acceptors (Lipinski definition) is 3. The summed E-state index contributed by atoms with van der Waals surface area (Å²) < 4.78 is 15.2. The van der Waals surface area contributed by atoms with Crippen molar-refractivity contribution < 1.29 is 4.39 Å². The molecule has 18 heavy (non-hydrogen) atoms. The summed E-state index contributed by atoms with van der Waals surface area (Å²) in [5, 5.41) is 0.466. The summed E-state index contributed by atoms with van der Waals surface area (Å²) in [6, 6.07) is 5.76. The Labute approximate surface area is 130 Å². The van der Waals surface area contributed by atoms with Crippen molar-refractivity contribution in [2.45, 2.75) is 6.04 Å². The molecule has 3 N–H and O–H groups in total. The normalized spacial score (nSPS) is 12.7. The van der Waals surface area contributed by atoms with Crippen LogP contribution in [0.5, 0.6) is 0 Å². The molecule has 1 atom stereocenters. The van der Waals surface area contributed by atoms with Gasteiger partial charge in [0.05, 0.1) is 13.6 Å². The molecule has 2 rings (SSSR count). The first kappa shape index (κ1) is 14.4. The Bertz CT molecular complexity index is 576. The van der Waals surface area contributed by atoms with Gasteiger partial charge in [-0.25, -0.2) is 9.82 Å². The molecule has 0 aliphatic carbocycles. The minimum atomic E-state index is -0.370. The van der Waals surface area contributed by atoms with E-state index in [9.17, 15) is 4.39 Å². The SMILES string of the molecule is NNC(c1cc(F)ccc1Cl)c1cc(Br)sc1Br. The molecule has 7 heteroatoms. The Morgan fingerprint density at radius 1 is 1.28 bits per heavy atom. The zero-order valence-corrected chi connectivity index (χ0v) is 13.6. The maximum atomic E-state index is 13.3. The van der Waals surface area contributed by atoms with E-state index in [1.165, 1.54) is 29.5 Å². The highest BCUT2D eigenvalue weighted by Gasteiger charge is 2.20. The number of halogens is 4. The summed E-state index contributed by atoms with van der Waals surface area (Å²) in [4.78, 5) is 0. The fourth-order valence-corrected chi connectivity index (χ4v) is 4.76. The van der Waals surface area contributed by atoms with E-state index in [2.05, 4.69) is 37.3 Å². The van der Waals surface area contributed by atoms with E-state index < -0.39 is 0 Å². The lowest BCUT2D eigenvalue weighted by molar-refractivity contribution is 0.605. The lowest BCUT2D eigenvalue weighted by Crippen LogP contribution is -2.29. The molecule has 2 aromatic rings. The molecule has 0 amide bonds. The largest absolute Gasteiger partial charge is 0.271 e. The molecular formula is C11H8Br2ClFN2S. The van der Waals surface area contributed by atoms with Gasteiger partial charge in [0, 0.05) is 10.6 Å². The molecular weight excluding hydrogens is 406 g/mol. The van der Waals surface area contributed by atoms with Crippen LogP contribution in [0.4, 0.5) is 4.39 Å². The smallest absolute Gasteiger partial charge is 0.123 e. The Balaban J connectivity index is 2.51. The van der Waals surface area contributed by atoms with Crippen molar-refractivity contribution >= 4 is 54.8 Å². The zero-order chi connectivity index (χ0) is 13.3. The fourth-order valence-electron chi connectivity index (χ4n) is 1.63. The number of thiophene rings is 1. The minimum absolute atomic E-state index is 0.347. The van der Waals surface area contributed by atoms with Gasteiger partial charge in [-0.05, 0) is 61.7 Å². The summed E-state index contributed by atoms with van der Waals surface area (Å²) in [6.07, 6.45) is 0. The molecule has 0 saturated heterocycles. The molecule has 0 aliphatic rings. The molecule has 1 heterocycles. The van der Waals surface area contributed by atoms with Crippen molar-refractivity contribution in [1.82, 2.24) is 5.43 Å². The first-order chi connectivity index (χ1) is 8.52. The van der Waals surface area contributed by atoms with E-state index >= 15 is 0 Å². The Hall–Kier alpha value is 0.0200. The number of hydrogen-bond donors (Lipinski definition) is 2. The summed E-state index contributed by atoms with van der Waals surface area (Å²) in [5.41, 5.74) is 4.17. The van der Waals surface area contributed by atoms with Crippen molar-refractivity contribution in [3.63, 3.8) is 0 Å². The maximum Gasteiger partial charge on any atom is 0.123 e. The van der Waals surface area contributed by atoms with Gasteiger partial charge in [-0.15, -0.1) is 11.3 Å². The van der Waals surface area contributed by atoms with E-state index in [0.29, 0.717) is 10.6 Å². The molecule has 0 saturated carbocycles. The van der Waals surface area contributed by atoms with Gasteiger partial charge in [-0.3, -0.25) is 5.84 Å². The third-order valence-electron chi connectivity index (χ3n) is 2.43. The lowest BCUT2D eigenvalue weighted by atomic mass is 10.0. The van der Waals surface area contributed by atoms with Gasteiger partial charge in [-0.2, -0.15) is 0 Å². The van der Waals surface area contributed by atoms with E-state index in [0.717, 1.165) is 13.1 Å². The van der Waals surface area contributed by atoms with Gasteiger partial charge in [0.1, 0.15) is 5.82 Å². The Morgan fingerprint density at radius 2 is 2.00 bits per heavy atom. The highest BCUT2D eigenvalue weighted by Crippen LogP contribution is 2.39. The molecule has 0 spiro atoms. The van der Waals surface area contributed by atoms with Gasteiger partial charge >= 0.3 is 0 Å². The van der Waals surface area contributed by atoms with Gasteiger partial charge in [-0.1, -0.05) is 11.6 Å². The average molecular weight is 415 g/mol. The van der Waals surface area contributed by atoms with Gasteiger partial charge in [0.15, 0.2) is 0 Å². The number of benzene rings is 1. The average Bonchev–Trinajstić information content (AvgIpc) is 2.64. The van der Waals surface area contributed by atoms with Gasteiger partial charge in [0.25, 0.3) is 0 Å². The van der Waals surface area contributed by atoms with E-state index in [1.54, 1.807) is 0 Å². The minimum Gasteiger partial charge on any atom is -0.271 e. The van der Waals surface area contributed by atoms with Crippen LogP contribution in [0.15, 0.2) is 31.8 Å². The second kappa shape index (κ2) is 5.98. The molecule has 0 aliphatic heterocycles. The van der Waals surface area contributed by atoms with Crippen molar-refractivity contribution in [3.8, 4) is 0 Å². The molecule has 0 radical (unpaired) electrons. The highest BCUT2D eigenvalue weighted by molar-refractivity contribution is 9.12. The molecule has 1 aromatic heterocycles. The second-order valence-corrected chi connectivity index (χ2v) is 7.70. The van der Waals surface area contributed by atoms with Crippen molar-refractivity contribution in [3.05, 3.63) is 53.8 Å². The topological polar surface area (TPSA) is 38.0 Å². The quantitative estimate of drug-likeness (QED) is 0.568. The number of nitrogens with two attached hydrogens (primary N) is 1. The standard InChI is InChI=1S/C11H8Br2ClFN2S/c12-9-4-7(11(13)18-9)10(17-16)6-3-5(15)1-2-8(6)14/h1-4,10,17H,16H2. The first-order valence-corrected chi connectivity index (χ1v) is 7.66. The Morgan fingerprint density at radius 3 is 2.56 bits per heavy atom. The van der Waals surface area contributed by atoms with Gasteiger partial charge in [0.2, 0.25) is 0 Å². The summed E-state index contributed by atoms with van der Waals surface area (Å²) in [5.74, 6) is 5.22. The molecule has 1 aromatic carbocycles. The first-order valence-electron chi connectivity index (χ1n) is 4.88. The van der Waals surface area contributed by atoms with Crippen LogP contribution in [0.25, 0.3) is 0 Å². The lowest BCUT2D eigenvalue weighted by Gasteiger charge is -2.17. The predicted octanol–water partition coefficient (Wildman–Crippen LogP) is 4.62. The molecule has 96 valence electrons. The predicted molar refractivity (Wildman–Crippen MR) is 80.3 cm³/mol. The number of nitrogens with one attached hydrogen (secondary N) is 1. The Kier molecular flexibility index (Phi) is 4.80. The monoisotopic (exact) mass is 412 g/mol. The van der Waals surface area contributed by atoms with Crippen molar-refractivity contribution in [1.29, 1.82) is 0 Å². The third kappa shape index (κ3) is 2.95. The van der Waals surface area contributed by atoms with Crippen LogP contribution in [0, 0.1) is 5.82 Å². The number of hydrazine groups is 1. The van der Waals surface area contributed by atoms with Crippen LogP contribution in [0.2, 0.25) is 5.02 Å². The molecule has 0 fully saturated rings. The van der Waals surface area contributed by atoms with E-state index in [-0.39, 0.29) is 11.9 Å². The van der Waals surface area contributed by atoms with Crippen LogP contribution in [-0.4, -0.2) is 0 Å².